The first-order valence-electron chi connectivity index (χ1n) is 10.4. The van der Waals surface area contributed by atoms with Gasteiger partial charge in [-0.05, 0) is 49.7 Å². The number of aromatic nitrogens is 3. The summed E-state index contributed by atoms with van der Waals surface area (Å²) in [5.41, 5.74) is 1.71. The molecule has 0 unspecified atom stereocenters. The van der Waals surface area contributed by atoms with Gasteiger partial charge < -0.3 is 10.6 Å². The summed E-state index contributed by atoms with van der Waals surface area (Å²) in [6, 6.07) is 17.1. The molecule has 2 amide bonds. The maximum absolute atomic E-state index is 13.1. The van der Waals surface area contributed by atoms with Gasteiger partial charge in [0.05, 0.1) is 10.6 Å². The maximum atomic E-state index is 13.1. The van der Waals surface area contributed by atoms with Gasteiger partial charge in [-0.1, -0.05) is 48.0 Å². The van der Waals surface area contributed by atoms with Crippen molar-refractivity contribution in [3.63, 3.8) is 0 Å². The molecule has 0 saturated carbocycles. The zero-order chi connectivity index (χ0) is 25.2. The molecule has 178 valence electrons. The monoisotopic (exact) mass is 497 g/mol. The Kier molecular flexibility index (Phi) is 6.70. The van der Waals surface area contributed by atoms with Gasteiger partial charge in [0, 0.05) is 22.5 Å². The fourth-order valence-electron chi connectivity index (χ4n) is 3.37. The first-order chi connectivity index (χ1) is 16.6. The smallest absolute Gasteiger partial charge is 0.308 e. The molecule has 35 heavy (non-hydrogen) atoms. The lowest BCUT2D eigenvalue weighted by molar-refractivity contribution is -0.137. The predicted molar refractivity (Wildman–Crippen MR) is 129 cm³/mol. The summed E-state index contributed by atoms with van der Waals surface area (Å²) in [7, 11) is 0. The van der Waals surface area contributed by atoms with E-state index in [1.807, 2.05) is 37.3 Å². The van der Waals surface area contributed by atoms with Crippen LogP contribution in [0, 0.1) is 13.8 Å². The Hall–Kier alpha value is -3.98. The second-order valence-corrected chi connectivity index (χ2v) is 8.10. The number of alkyl halides is 3. The highest BCUT2D eigenvalue weighted by atomic mass is 35.5. The number of urea groups is 1. The Morgan fingerprint density at radius 1 is 0.829 bits per heavy atom. The van der Waals surface area contributed by atoms with Crippen LogP contribution in [0.4, 0.5) is 29.3 Å². The number of hydrogen-bond donors (Lipinski definition) is 2. The number of rotatable bonds is 4. The van der Waals surface area contributed by atoms with Crippen molar-refractivity contribution in [3.05, 3.63) is 88.7 Å². The number of aryl methyl sites for hydroxylation is 2. The van der Waals surface area contributed by atoms with Crippen LogP contribution in [0.5, 0.6) is 0 Å². The second-order valence-electron chi connectivity index (χ2n) is 7.70. The molecule has 0 atom stereocenters. The SMILES string of the molecule is Cc1nc(-c2ccccc2)nc(-c2cc(NC(=O)Nc3ccc(Cl)c(C(F)(F)F)c3)ccc2C)n1. The summed E-state index contributed by atoms with van der Waals surface area (Å²) in [6.45, 7) is 3.65. The van der Waals surface area contributed by atoms with E-state index in [9.17, 15) is 18.0 Å². The Bertz CT molecular complexity index is 1390. The minimum Gasteiger partial charge on any atom is -0.308 e. The molecule has 4 aromatic rings. The standard InChI is InChI=1S/C25H19ClF3N5O/c1-14-8-9-17(32-24(35)33-18-10-11-21(26)20(13-18)25(27,28)29)12-19(14)23-31-15(2)30-22(34-23)16-6-4-3-5-7-16/h3-13H,1-2H3,(H2,32,33,35). The van der Waals surface area contributed by atoms with Gasteiger partial charge in [-0.15, -0.1) is 0 Å². The number of halogens is 4. The van der Waals surface area contributed by atoms with Crippen molar-refractivity contribution in [3.8, 4) is 22.8 Å². The zero-order valence-corrected chi connectivity index (χ0v) is 19.4. The number of carbonyl (C=O) groups excluding carboxylic acids is 1. The fraction of sp³-hybridized carbons (Fsp3) is 0.120. The van der Waals surface area contributed by atoms with Crippen LogP contribution in [0.15, 0.2) is 66.7 Å². The van der Waals surface area contributed by atoms with Gasteiger partial charge in [0.25, 0.3) is 0 Å². The summed E-state index contributed by atoms with van der Waals surface area (Å²) in [6.07, 6.45) is -4.64. The van der Waals surface area contributed by atoms with Gasteiger partial charge in [-0.3, -0.25) is 0 Å². The first-order valence-corrected chi connectivity index (χ1v) is 10.8. The molecule has 6 nitrogen and oxygen atoms in total. The predicted octanol–water partition coefficient (Wildman–Crippen LogP) is 7.14. The van der Waals surface area contributed by atoms with Crippen LogP contribution < -0.4 is 10.6 Å². The molecular formula is C25H19ClF3N5O. The van der Waals surface area contributed by atoms with Crippen molar-refractivity contribution in [1.82, 2.24) is 15.0 Å². The Morgan fingerprint density at radius 2 is 1.46 bits per heavy atom. The maximum Gasteiger partial charge on any atom is 0.417 e. The van der Waals surface area contributed by atoms with Crippen LogP contribution in [0.2, 0.25) is 5.02 Å². The summed E-state index contributed by atoms with van der Waals surface area (Å²) in [5, 5.41) is 4.57. The van der Waals surface area contributed by atoms with E-state index in [0.717, 1.165) is 23.3 Å². The number of nitrogens with zero attached hydrogens (tertiary/aromatic N) is 3. The van der Waals surface area contributed by atoms with Crippen molar-refractivity contribution in [2.75, 3.05) is 10.6 Å². The Morgan fingerprint density at radius 3 is 2.14 bits per heavy atom. The average molecular weight is 498 g/mol. The van der Waals surface area contributed by atoms with E-state index in [1.165, 1.54) is 6.07 Å². The lowest BCUT2D eigenvalue weighted by Crippen LogP contribution is -2.20. The lowest BCUT2D eigenvalue weighted by Gasteiger charge is -2.13. The lowest BCUT2D eigenvalue weighted by atomic mass is 10.1. The van der Waals surface area contributed by atoms with E-state index in [0.29, 0.717) is 28.7 Å². The molecule has 1 heterocycles. The third-order valence-electron chi connectivity index (χ3n) is 5.05. The highest BCUT2D eigenvalue weighted by Gasteiger charge is 2.33. The first kappa shape index (κ1) is 24.2. The number of anilines is 2. The minimum atomic E-state index is -4.64. The van der Waals surface area contributed by atoms with Crippen molar-refractivity contribution in [2.45, 2.75) is 20.0 Å². The number of hydrogen-bond acceptors (Lipinski definition) is 4. The van der Waals surface area contributed by atoms with Crippen molar-refractivity contribution >= 4 is 29.0 Å². The van der Waals surface area contributed by atoms with Gasteiger partial charge in [-0.2, -0.15) is 13.2 Å². The summed E-state index contributed by atoms with van der Waals surface area (Å²) >= 11 is 5.63. The van der Waals surface area contributed by atoms with E-state index < -0.39 is 22.8 Å². The molecule has 2 N–H and O–H groups in total. The summed E-state index contributed by atoms with van der Waals surface area (Å²) < 4.78 is 39.3. The van der Waals surface area contributed by atoms with Crippen LogP contribution in [0.3, 0.4) is 0 Å². The second kappa shape index (κ2) is 9.71. The molecule has 0 radical (unpaired) electrons. The Labute approximate surface area is 204 Å². The fourth-order valence-corrected chi connectivity index (χ4v) is 3.60. The number of carbonyl (C=O) groups is 1. The van der Waals surface area contributed by atoms with Crippen molar-refractivity contribution in [2.24, 2.45) is 0 Å². The quantitative estimate of drug-likeness (QED) is 0.314. The van der Waals surface area contributed by atoms with Crippen LogP contribution in [0.25, 0.3) is 22.8 Å². The van der Waals surface area contributed by atoms with Crippen LogP contribution in [0.1, 0.15) is 17.0 Å². The molecule has 1 aromatic heterocycles. The van der Waals surface area contributed by atoms with E-state index in [1.54, 1.807) is 25.1 Å². The van der Waals surface area contributed by atoms with Crippen molar-refractivity contribution < 1.29 is 18.0 Å². The molecule has 0 bridgehead atoms. The van der Waals surface area contributed by atoms with Crippen LogP contribution >= 0.6 is 11.6 Å². The third kappa shape index (κ3) is 5.75. The van der Waals surface area contributed by atoms with E-state index in [-0.39, 0.29) is 5.69 Å². The molecular weight excluding hydrogens is 479 g/mol. The molecule has 3 aromatic carbocycles. The number of benzene rings is 3. The summed E-state index contributed by atoms with van der Waals surface area (Å²) in [4.78, 5) is 25.9. The Balaban J connectivity index is 1.58. The zero-order valence-electron chi connectivity index (χ0n) is 18.6. The topological polar surface area (TPSA) is 79.8 Å². The van der Waals surface area contributed by atoms with Gasteiger partial charge >= 0.3 is 12.2 Å². The molecule has 4 rings (SSSR count). The van der Waals surface area contributed by atoms with E-state index >= 15 is 0 Å². The van der Waals surface area contributed by atoms with Crippen LogP contribution in [-0.4, -0.2) is 21.0 Å². The molecule has 0 saturated heterocycles. The van der Waals surface area contributed by atoms with E-state index in [2.05, 4.69) is 25.6 Å². The van der Waals surface area contributed by atoms with Gasteiger partial charge in [-0.25, -0.2) is 19.7 Å². The molecule has 0 aliphatic rings. The highest BCUT2D eigenvalue weighted by molar-refractivity contribution is 6.31. The summed E-state index contributed by atoms with van der Waals surface area (Å²) in [5.74, 6) is 1.49. The number of amides is 2. The molecule has 0 spiro atoms. The van der Waals surface area contributed by atoms with Crippen molar-refractivity contribution in [1.29, 1.82) is 0 Å². The normalized spacial score (nSPS) is 11.3. The molecule has 0 aliphatic carbocycles. The van der Waals surface area contributed by atoms with Gasteiger partial charge in [0.15, 0.2) is 11.6 Å². The average Bonchev–Trinajstić information content (AvgIpc) is 2.81. The van der Waals surface area contributed by atoms with Gasteiger partial charge in [0.2, 0.25) is 0 Å². The molecule has 0 aliphatic heterocycles. The molecule has 10 heteroatoms. The third-order valence-corrected chi connectivity index (χ3v) is 5.37. The highest BCUT2D eigenvalue weighted by Crippen LogP contribution is 2.36. The number of nitrogens with one attached hydrogen (secondary N) is 2. The van der Waals surface area contributed by atoms with E-state index in [4.69, 9.17) is 11.6 Å². The van der Waals surface area contributed by atoms with Gasteiger partial charge in [0.1, 0.15) is 5.82 Å². The largest absolute Gasteiger partial charge is 0.417 e. The minimum absolute atomic E-state index is 0.0489. The van der Waals surface area contributed by atoms with Crippen LogP contribution in [-0.2, 0) is 6.18 Å². The molecule has 0 fully saturated rings.